The highest BCUT2D eigenvalue weighted by molar-refractivity contribution is 5.84. The summed E-state index contributed by atoms with van der Waals surface area (Å²) in [7, 11) is 0. The van der Waals surface area contributed by atoms with Crippen molar-refractivity contribution < 1.29 is 9.59 Å². The first-order valence-electron chi connectivity index (χ1n) is 5.22. The molecular formula is C10H18N2O2. The van der Waals surface area contributed by atoms with E-state index in [4.69, 9.17) is 0 Å². The summed E-state index contributed by atoms with van der Waals surface area (Å²) < 4.78 is 0. The average molecular weight is 198 g/mol. The Bertz CT molecular complexity index is 228. The van der Waals surface area contributed by atoms with E-state index in [1.807, 2.05) is 18.7 Å². The molecule has 1 unspecified atom stereocenters. The number of hydrogen-bond donors (Lipinski definition) is 1. The second-order valence-corrected chi connectivity index (χ2v) is 3.58. The predicted octanol–water partition coefficient (Wildman–Crippen LogP) is 0.176. The van der Waals surface area contributed by atoms with Crippen molar-refractivity contribution in [2.45, 2.75) is 32.7 Å². The SMILES string of the molecule is CCC(=O)CN1CCNC(=O)C1CC. The molecule has 0 aromatic carbocycles. The lowest BCUT2D eigenvalue weighted by Crippen LogP contribution is -2.56. The Balaban J connectivity index is 2.56. The standard InChI is InChI=1S/C10H18N2O2/c1-3-8(13)7-12-6-5-11-10(14)9(12)4-2/h9H,3-7H2,1-2H3,(H,11,14). The van der Waals surface area contributed by atoms with Gasteiger partial charge in [0.25, 0.3) is 0 Å². The minimum atomic E-state index is -0.112. The van der Waals surface area contributed by atoms with E-state index in [-0.39, 0.29) is 17.7 Å². The van der Waals surface area contributed by atoms with Crippen molar-refractivity contribution in [2.75, 3.05) is 19.6 Å². The van der Waals surface area contributed by atoms with Crippen LogP contribution in [0.15, 0.2) is 0 Å². The van der Waals surface area contributed by atoms with Crippen LogP contribution in [0.5, 0.6) is 0 Å². The molecule has 0 radical (unpaired) electrons. The summed E-state index contributed by atoms with van der Waals surface area (Å²) in [6.45, 7) is 5.69. The van der Waals surface area contributed by atoms with Crippen molar-refractivity contribution in [1.29, 1.82) is 0 Å². The van der Waals surface area contributed by atoms with Crippen LogP contribution in [0.3, 0.4) is 0 Å². The van der Waals surface area contributed by atoms with Gasteiger partial charge in [-0.05, 0) is 6.42 Å². The molecule has 1 aliphatic rings. The maximum atomic E-state index is 11.4. The molecule has 4 nitrogen and oxygen atoms in total. The summed E-state index contributed by atoms with van der Waals surface area (Å²) in [5.41, 5.74) is 0. The van der Waals surface area contributed by atoms with Crippen LogP contribution in [-0.2, 0) is 9.59 Å². The lowest BCUT2D eigenvalue weighted by Gasteiger charge is -2.33. The number of carbonyl (C=O) groups is 2. The van der Waals surface area contributed by atoms with Gasteiger partial charge in [0.2, 0.25) is 5.91 Å². The van der Waals surface area contributed by atoms with E-state index >= 15 is 0 Å². The van der Waals surface area contributed by atoms with E-state index in [9.17, 15) is 9.59 Å². The largest absolute Gasteiger partial charge is 0.353 e. The zero-order valence-corrected chi connectivity index (χ0v) is 8.88. The number of piperazine rings is 1. The fourth-order valence-corrected chi connectivity index (χ4v) is 1.73. The van der Waals surface area contributed by atoms with E-state index in [1.54, 1.807) is 0 Å². The number of Topliss-reactive ketones (excluding diaryl/α,β-unsaturated/α-hetero) is 1. The van der Waals surface area contributed by atoms with E-state index in [1.165, 1.54) is 0 Å². The minimum Gasteiger partial charge on any atom is -0.353 e. The van der Waals surface area contributed by atoms with E-state index < -0.39 is 0 Å². The van der Waals surface area contributed by atoms with Gasteiger partial charge >= 0.3 is 0 Å². The van der Waals surface area contributed by atoms with Crippen LogP contribution in [0.25, 0.3) is 0 Å². The van der Waals surface area contributed by atoms with Gasteiger partial charge in [-0.1, -0.05) is 13.8 Å². The summed E-state index contributed by atoms with van der Waals surface area (Å²) in [5.74, 6) is 0.265. The molecule has 14 heavy (non-hydrogen) atoms. The molecule has 1 amide bonds. The van der Waals surface area contributed by atoms with Gasteiger partial charge in [-0.15, -0.1) is 0 Å². The fourth-order valence-electron chi connectivity index (χ4n) is 1.73. The van der Waals surface area contributed by atoms with Crippen molar-refractivity contribution in [3.63, 3.8) is 0 Å². The maximum absolute atomic E-state index is 11.4. The summed E-state index contributed by atoms with van der Waals surface area (Å²) >= 11 is 0. The normalized spacial score (nSPS) is 23.3. The van der Waals surface area contributed by atoms with Gasteiger partial charge in [0.05, 0.1) is 12.6 Å². The molecule has 1 atom stereocenters. The van der Waals surface area contributed by atoms with E-state index in [0.29, 0.717) is 19.5 Å². The number of nitrogens with zero attached hydrogens (tertiary/aromatic N) is 1. The first kappa shape index (κ1) is 11.2. The van der Waals surface area contributed by atoms with Crippen molar-refractivity contribution in [3.05, 3.63) is 0 Å². The molecule has 0 aromatic heterocycles. The van der Waals surface area contributed by atoms with Crippen molar-refractivity contribution >= 4 is 11.7 Å². The summed E-state index contributed by atoms with van der Waals surface area (Å²) in [4.78, 5) is 24.7. The average Bonchev–Trinajstić information content (AvgIpc) is 2.18. The molecular weight excluding hydrogens is 180 g/mol. The number of nitrogens with one attached hydrogen (secondary N) is 1. The summed E-state index contributed by atoms with van der Waals surface area (Å²) in [6.07, 6.45) is 1.32. The van der Waals surface area contributed by atoms with Crippen LogP contribution in [0, 0.1) is 0 Å². The number of amides is 1. The van der Waals surface area contributed by atoms with Crippen LogP contribution in [0.4, 0.5) is 0 Å². The van der Waals surface area contributed by atoms with Crippen LogP contribution in [0.1, 0.15) is 26.7 Å². The Hall–Kier alpha value is -0.900. The van der Waals surface area contributed by atoms with Crippen LogP contribution in [-0.4, -0.2) is 42.3 Å². The highest BCUT2D eigenvalue weighted by Crippen LogP contribution is 2.08. The Morgan fingerprint density at radius 3 is 2.86 bits per heavy atom. The van der Waals surface area contributed by atoms with E-state index in [0.717, 1.165) is 13.0 Å². The van der Waals surface area contributed by atoms with Gasteiger partial charge < -0.3 is 5.32 Å². The number of rotatable bonds is 4. The van der Waals surface area contributed by atoms with Gasteiger partial charge in [0.1, 0.15) is 5.78 Å². The Labute approximate surface area is 84.7 Å². The molecule has 1 saturated heterocycles. The highest BCUT2D eigenvalue weighted by atomic mass is 16.2. The van der Waals surface area contributed by atoms with Crippen LogP contribution < -0.4 is 5.32 Å². The molecule has 1 N–H and O–H groups in total. The zero-order chi connectivity index (χ0) is 10.6. The third-order valence-electron chi connectivity index (χ3n) is 2.60. The van der Waals surface area contributed by atoms with Crippen LogP contribution >= 0.6 is 0 Å². The Morgan fingerprint density at radius 1 is 1.57 bits per heavy atom. The van der Waals surface area contributed by atoms with Crippen molar-refractivity contribution in [3.8, 4) is 0 Å². The number of ketones is 1. The van der Waals surface area contributed by atoms with Crippen molar-refractivity contribution in [1.82, 2.24) is 10.2 Å². The summed E-state index contributed by atoms with van der Waals surface area (Å²) in [6, 6.07) is -0.112. The highest BCUT2D eigenvalue weighted by Gasteiger charge is 2.28. The van der Waals surface area contributed by atoms with Crippen LogP contribution in [0.2, 0.25) is 0 Å². The molecule has 0 aromatic rings. The number of hydrogen-bond acceptors (Lipinski definition) is 3. The monoisotopic (exact) mass is 198 g/mol. The minimum absolute atomic E-state index is 0.0580. The second-order valence-electron chi connectivity index (χ2n) is 3.58. The number of carbonyl (C=O) groups excluding carboxylic acids is 2. The van der Waals surface area contributed by atoms with Gasteiger partial charge in [-0.3, -0.25) is 14.5 Å². The molecule has 80 valence electrons. The lowest BCUT2D eigenvalue weighted by atomic mass is 10.1. The molecule has 0 spiro atoms. The topological polar surface area (TPSA) is 49.4 Å². The zero-order valence-electron chi connectivity index (χ0n) is 8.88. The van der Waals surface area contributed by atoms with Gasteiger partial charge in [-0.25, -0.2) is 0 Å². The second kappa shape index (κ2) is 5.10. The molecule has 0 aliphatic carbocycles. The van der Waals surface area contributed by atoms with Gasteiger partial charge in [0, 0.05) is 19.5 Å². The first-order chi connectivity index (χ1) is 6.69. The predicted molar refractivity (Wildman–Crippen MR) is 54.0 cm³/mol. The Morgan fingerprint density at radius 2 is 2.29 bits per heavy atom. The third-order valence-corrected chi connectivity index (χ3v) is 2.60. The van der Waals surface area contributed by atoms with Gasteiger partial charge in [-0.2, -0.15) is 0 Å². The third kappa shape index (κ3) is 2.54. The fraction of sp³-hybridized carbons (Fsp3) is 0.800. The molecule has 1 heterocycles. The lowest BCUT2D eigenvalue weighted by molar-refractivity contribution is -0.131. The quantitative estimate of drug-likeness (QED) is 0.701. The smallest absolute Gasteiger partial charge is 0.237 e. The summed E-state index contributed by atoms with van der Waals surface area (Å²) in [5, 5.41) is 2.81. The molecule has 1 fully saturated rings. The molecule has 0 bridgehead atoms. The molecule has 0 saturated carbocycles. The molecule has 1 rings (SSSR count). The first-order valence-corrected chi connectivity index (χ1v) is 5.22. The molecule has 1 aliphatic heterocycles. The van der Waals surface area contributed by atoms with Crippen molar-refractivity contribution in [2.24, 2.45) is 0 Å². The molecule has 4 heteroatoms. The van der Waals surface area contributed by atoms with E-state index in [2.05, 4.69) is 5.32 Å². The van der Waals surface area contributed by atoms with Gasteiger partial charge in [0.15, 0.2) is 0 Å². The maximum Gasteiger partial charge on any atom is 0.237 e. The Kier molecular flexibility index (Phi) is 4.07.